The van der Waals surface area contributed by atoms with Crippen LogP contribution in [0.15, 0.2) is 121 Å². The molecule has 20 heteroatoms. The fourth-order valence-corrected chi connectivity index (χ4v) is 8.83. The second kappa shape index (κ2) is 29.6. The number of nitrogens with one attached hydrogen (secondary N) is 7. The minimum absolute atomic E-state index is 0.00688. The maximum atomic E-state index is 15.3. The Balaban J connectivity index is 1.54. The SMILES string of the molecule is CC(=O)N[C@@H](Cc1ccccc1)C(=O)N[C@@H](Cc1ccccc1)C(=O)N[C@@H](Cc1cn(C(=O)OC(C)(C)C)c2ccccc12)C(=O)N[C@@H](Cc1ccccc1)C(=O)N[C@@H](CCCCNC(=O)OC(C)(C)C)C(=O)N[C@H](C(=O)O)C(C)C. The summed E-state index contributed by atoms with van der Waals surface area (Å²) >= 11 is 0. The fourth-order valence-electron chi connectivity index (χ4n) is 8.83. The quantitative estimate of drug-likeness (QED) is 0.0294. The van der Waals surface area contributed by atoms with Gasteiger partial charge in [0.2, 0.25) is 35.4 Å². The summed E-state index contributed by atoms with van der Waals surface area (Å²) in [6.07, 6.45) is 0.428. The highest BCUT2D eigenvalue weighted by Crippen LogP contribution is 2.25. The molecule has 0 aliphatic heterocycles. The summed E-state index contributed by atoms with van der Waals surface area (Å²) in [6, 6.07) is 25.5. The van der Waals surface area contributed by atoms with Crippen LogP contribution in [0.1, 0.15) is 104 Å². The zero-order valence-electron chi connectivity index (χ0n) is 47.6. The van der Waals surface area contributed by atoms with Gasteiger partial charge in [-0.1, -0.05) is 123 Å². The van der Waals surface area contributed by atoms with Crippen LogP contribution in [0, 0.1) is 5.92 Å². The van der Waals surface area contributed by atoms with Gasteiger partial charge in [-0.05, 0) is 95.0 Å². The highest BCUT2D eigenvalue weighted by Gasteiger charge is 2.35. The van der Waals surface area contributed by atoms with E-state index in [2.05, 4.69) is 37.2 Å². The fraction of sp³-hybridized carbons (Fsp3) is 0.426. The van der Waals surface area contributed by atoms with Gasteiger partial charge >= 0.3 is 18.2 Å². The molecule has 0 saturated carbocycles. The first-order chi connectivity index (χ1) is 38.3. The summed E-state index contributed by atoms with van der Waals surface area (Å²) in [5.74, 6) is -6.26. The van der Waals surface area contributed by atoms with Crippen LogP contribution in [0.25, 0.3) is 10.9 Å². The average molecular weight is 1120 g/mol. The smallest absolute Gasteiger partial charge is 0.419 e. The van der Waals surface area contributed by atoms with E-state index in [4.69, 9.17) is 9.47 Å². The number of alkyl carbamates (subject to hydrolysis) is 1. The molecule has 20 nitrogen and oxygen atoms in total. The summed E-state index contributed by atoms with van der Waals surface area (Å²) in [5.41, 5.74) is 1.25. The number of carboxylic acid groups (broad SMARTS) is 1. The molecule has 0 aliphatic rings. The predicted molar refractivity (Wildman–Crippen MR) is 306 cm³/mol. The van der Waals surface area contributed by atoms with E-state index >= 15 is 9.59 Å². The molecule has 0 fully saturated rings. The number of aromatic nitrogens is 1. The van der Waals surface area contributed by atoms with Crippen molar-refractivity contribution in [1.82, 2.24) is 41.8 Å². The van der Waals surface area contributed by atoms with Gasteiger partial charge in [0.05, 0.1) is 5.52 Å². The van der Waals surface area contributed by atoms with E-state index in [1.54, 1.807) is 165 Å². The molecule has 0 spiro atoms. The Hall–Kier alpha value is -8.55. The Kier molecular flexibility index (Phi) is 23.1. The summed E-state index contributed by atoms with van der Waals surface area (Å²) < 4.78 is 12.4. The van der Waals surface area contributed by atoms with Crippen LogP contribution >= 0.6 is 0 Å². The monoisotopic (exact) mass is 1110 g/mol. The second-order valence-corrected chi connectivity index (χ2v) is 22.3. The number of carbonyl (C=O) groups is 9. The first kappa shape index (κ1) is 63.3. The largest absolute Gasteiger partial charge is 0.480 e. The van der Waals surface area contributed by atoms with Crippen LogP contribution in [-0.4, -0.2) is 117 Å². The van der Waals surface area contributed by atoms with Crippen LogP contribution in [0.5, 0.6) is 0 Å². The van der Waals surface area contributed by atoms with Crippen LogP contribution in [0.2, 0.25) is 0 Å². The molecule has 4 aromatic carbocycles. The van der Waals surface area contributed by atoms with Crippen molar-refractivity contribution in [3.05, 3.63) is 144 Å². The van der Waals surface area contributed by atoms with Gasteiger partial charge in [-0.25, -0.2) is 14.4 Å². The lowest BCUT2D eigenvalue weighted by Crippen LogP contribution is -2.60. The summed E-state index contributed by atoms with van der Waals surface area (Å²) in [6.45, 7) is 15.0. The number of benzene rings is 4. The van der Waals surface area contributed by atoms with E-state index in [-0.39, 0.29) is 45.1 Å². The molecule has 0 radical (unpaired) electrons. The van der Waals surface area contributed by atoms with Crippen molar-refractivity contribution < 1.29 is 57.7 Å². The average Bonchev–Trinajstić information content (AvgIpc) is 4.06. The third kappa shape index (κ3) is 20.9. The molecule has 8 N–H and O–H groups in total. The molecule has 1 aromatic heterocycles. The molecular weight excluding hydrogens is 1040 g/mol. The maximum Gasteiger partial charge on any atom is 0.419 e. The number of hydrogen-bond donors (Lipinski definition) is 8. The number of fused-ring (bicyclic) bond motifs is 1. The third-order valence-corrected chi connectivity index (χ3v) is 12.7. The third-order valence-electron chi connectivity index (χ3n) is 12.7. The molecule has 434 valence electrons. The van der Waals surface area contributed by atoms with Crippen molar-refractivity contribution >= 4 is 64.5 Å². The van der Waals surface area contributed by atoms with Crippen molar-refractivity contribution in [2.75, 3.05) is 6.54 Å². The highest BCUT2D eigenvalue weighted by molar-refractivity contribution is 5.98. The van der Waals surface area contributed by atoms with Gasteiger partial charge in [0.1, 0.15) is 47.5 Å². The van der Waals surface area contributed by atoms with E-state index in [9.17, 15) is 38.7 Å². The molecule has 81 heavy (non-hydrogen) atoms. The Labute approximate surface area is 473 Å². The molecule has 1 heterocycles. The van der Waals surface area contributed by atoms with E-state index in [0.29, 0.717) is 34.0 Å². The van der Waals surface area contributed by atoms with Crippen LogP contribution < -0.4 is 37.2 Å². The maximum absolute atomic E-state index is 15.3. The Bertz CT molecular complexity index is 2950. The van der Waals surface area contributed by atoms with E-state index in [1.807, 2.05) is 6.07 Å². The molecule has 0 aliphatic carbocycles. The van der Waals surface area contributed by atoms with E-state index in [0.717, 1.165) is 5.56 Å². The number of amides is 7. The molecule has 0 bridgehead atoms. The minimum atomic E-state index is -1.52. The highest BCUT2D eigenvalue weighted by atomic mass is 16.6. The number of aliphatic carboxylic acids is 1. The lowest BCUT2D eigenvalue weighted by atomic mass is 9.99. The van der Waals surface area contributed by atoms with E-state index in [1.165, 1.54) is 17.7 Å². The zero-order chi connectivity index (χ0) is 59.4. The van der Waals surface area contributed by atoms with Crippen molar-refractivity contribution in [2.24, 2.45) is 5.92 Å². The van der Waals surface area contributed by atoms with Gasteiger partial charge in [-0.15, -0.1) is 0 Å². The van der Waals surface area contributed by atoms with Crippen molar-refractivity contribution in [1.29, 1.82) is 0 Å². The van der Waals surface area contributed by atoms with Gasteiger partial charge in [-0.2, -0.15) is 0 Å². The molecular formula is C61H78N8O12. The number of hydrogen-bond acceptors (Lipinski definition) is 11. The van der Waals surface area contributed by atoms with Crippen LogP contribution in [-0.2, 0) is 68.7 Å². The Morgan fingerprint density at radius 2 is 0.914 bits per heavy atom. The van der Waals surface area contributed by atoms with Crippen LogP contribution in [0.4, 0.5) is 9.59 Å². The van der Waals surface area contributed by atoms with Gasteiger partial charge in [0.25, 0.3) is 0 Å². The number of carbonyl (C=O) groups excluding carboxylic acids is 8. The normalized spacial score (nSPS) is 13.7. The molecule has 6 atom stereocenters. The number of carboxylic acids is 1. The summed E-state index contributed by atoms with van der Waals surface area (Å²) in [5, 5.41) is 29.7. The zero-order valence-corrected chi connectivity index (χ0v) is 47.6. The number of rotatable bonds is 26. The van der Waals surface area contributed by atoms with Gasteiger partial charge < -0.3 is 51.8 Å². The number of unbranched alkanes of at least 4 members (excludes halogenated alkanes) is 1. The van der Waals surface area contributed by atoms with Crippen molar-refractivity contribution in [2.45, 2.75) is 155 Å². The molecule has 7 amide bonds. The first-order valence-electron chi connectivity index (χ1n) is 27.2. The molecule has 0 unspecified atom stereocenters. The topological polar surface area (TPSA) is 281 Å². The van der Waals surface area contributed by atoms with Crippen molar-refractivity contribution in [3.8, 4) is 0 Å². The number of para-hydroxylation sites is 1. The van der Waals surface area contributed by atoms with E-state index < -0.39 is 107 Å². The Morgan fingerprint density at radius 3 is 1.35 bits per heavy atom. The standard InChI is InChI=1S/C61H78N8O12/c1-38(2)51(57(76)77)68-52(71)45(30-21-22-32-62-58(78)80-60(4,5)6)64-54(73)47(34-41-25-15-11-16-26-41)66-56(75)49(36-43-37-69(59(79)81-61(7,8)9)50-31-20-19-29-44(43)50)67-55(74)48(35-42-27-17-12-18-28-42)65-53(72)46(63-39(3)70)33-40-23-13-10-14-24-40/h10-20,23-29,31,37-38,45-49,51H,21-22,30,32-36H2,1-9H3,(H,62,78)(H,63,70)(H,64,73)(H,65,72)(H,66,75)(H,67,74)(H,68,71)(H,76,77)/t45-,46-,47-,48-,49-,51-/m0/s1. The number of ether oxygens (including phenoxy) is 2. The summed E-state index contributed by atoms with van der Waals surface area (Å²) in [7, 11) is 0. The van der Waals surface area contributed by atoms with Gasteiger partial charge in [-0.3, -0.25) is 33.3 Å². The predicted octanol–water partition coefficient (Wildman–Crippen LogP) is 6.06. The molecule has 0 saturated heterocycles. The first-order valence-corrected chi connectivity index (χ1v) is 27.2. The lowest BCUT2D eigenvalue weighted by molar-refractivity contribution is -0.143. The number of nitrogens with zero attached hydrogens (tertiary/aromatic N) is 1. The summed E-state index contributed by atoms with van der Waals surface area (Å²) in [4.78, 5) is 124. The van der Waals surface area contributed by atoms with Crippen molar-refractivity contribution in [3.63, 3.8) is 0 Å². The second-order valence-electron chi connectivity index (χ2n) is 22.3. The van der Waals surface area contributed by atoms with Gasteiger partial charge in [0, 0.05) is 50.7 Å². The molecule has 5 aromatic rings. The lowest BCUT2D eigenvalue weighted by Gasteiger charge is -2.28. The minimum Gasteiger partial charge on any atom is -0.480 e. The van der Waals surface area contributed by atoms with Gasteiger partial charge in [0.15, 0.2) is 0 Å². The molecule has 5 rings (SSSR count). The van der Waals surface area contributed by atoms with Crippen LogP contribution in [0.3, 0.4) is 0 Å². The Morgan fingerprint density at radius 1 is 0.506 bits per heavy atom.